The third-order valence-corrected chi connectivity index (χ3v) is 7.40. The second kappa shape index (κ2) is 10.3. The predicted octanol–water partition coefficient (Wildman–Crippen LogP) is 4.57. The Kier molecular flexibility index (Phi) is 7.18. The van der Waals surface area contributed by atoms with E-state index in [-0.39, 0.29) is 12.4 Å². The fourth-order valence-electron chi connectivity index (χ4n) is 4.79. The van der Waals surface area contributed by atoms with Crippen molar-refractivity contribution in [2.24, 2.45) is 5.73 Å². The minimum atomic E-state index is -0.444. The van der Waals surface area contributed by atoms with Crippen LogP contribution in [0.25, 0.3) is 11.1 Å². The normalized spacial score (nSPS) is 13.5. The lowest BCUT2D eigenvalue weighted by Gasteiger charge is -2.18. The Bertz CT molecular complexity index is 1110. The van der Waals surface area contributed by atoms with Crippen molar-refractivity contribution < 1.29 is 14.3 Å². The molecule has 2 N–H and O–H groups in total. The van der Waals surface area contributed by atoms with E-state index in [0.717, 1.165) is 48.6 Å². The van der Waals surface area contributed by atoms with E-state index in [2.05, 4.69) is 45.2 Å². The first kappa shape index (κ1) is 23.1. The maximum atomic E-state index is 12.6. The van der Waals surface area contributed by atoms with E-state index in [1.54, 1.807) is 11.3 Å². The van der Waals surface area contributed by atoms with Crippen LogP contribution in [-0.4, -0.2) is 36.6 Å². The molecule has 0 unspecified atom stereocenters. The first-order chi connectivity index (χ1) is 16.0. The zero-order valence-electron chi connectivity index (χ0n) is 19.3. The van der Waals surface area contributed by atoms with Gasteiger partial charge in [0.15, 0.2) is 0 Å². The van der Waals surface area contributed by atoms with E-state index in [0.29, 0.717) is 12.0 Å². The van der Waals surface area contributed by atoms with Crippen molar-refractivity contribution in [1.82, 2.24) is 4.57 Å². The molecule has 33 heavy (non-hydrogen) atoms. The smallest absolute Gasteiger partial charge is 0.305 e. The van der Waals surface area contributed by atoms with Gasteiger partial charge in [0.2, 0.25) is 0 Å². The molecule has 0 radical (unpaired) electrons. The molecule has 174 valence electrons. The number of methoxy groups -OCH3 is 1. The summed E-state index contributed by atoms with van der Waals surface area (Å²) in [4.78, 5) is 28.2. The van der Waals surface area contributed by atoms with Crippen LogP contribution in [0.1, 0.15) is 45.9 Å². The lowest BCUT2D eigenvalue weighted by atomic mass is 9.97. The van der Waals surface area contributed by atoms with Crippen LogP contribution >= 0.6 is 11.3 Å². The van der Waals surface area contributed by atoms with Gasteiger partial charge in [-0.25, -0.2) is 0 Å². The van der Waals surface area contributed by atoms with Gasteiger partial charge in [0.05, 0.1) is 19.1 Å². The van der Waals surface area contributed by atoms with Crippen molar-refractivity contribution in [3.63, 3.8) is 0 Å². The quantitative estimate of drug-likeness (QED) is 0.470. The topological polar surface area (TPSA) is 77.6 Å². The molecule has 3 aromatic rings. The molecular formula is C26H31N3O3S. The van der Waals surface area contributed by atoms with Gasteiger partial charge in [-0.15, -0.1) is 11.3 Å². The second-order valence-electron chi connectivity index (χ2n) is 8.44. The Labute approximate surface area is 199 Å². The van der Waals surface area contributed by atoms with Crippen molar-refractivity contribution >= 4 is 28.9 Å². The van der Waals surface area contributed by atoms with Gasteiger partial charge in [-0.3, -0.25) is 9.59 Å². The number of thiophene rings is 1. The van der Waals surface area contributed by atoms with Crippen molar-refractivity contribution in [2.75, 3.05) is 25.1 Å². The molecular weight excluding hydrogens is 434 g/mol. The van der Waals surface area contributed by atoms with Crippen LogP contribution in [0.2, 0.25) is 0 Å². The Balaban J connectivity index is 1.76. The highest BCUT2D eigenvalue weighted by atomic mass is 32.1. The third kappa shape index (κ3) is 4.98. The summed E-state index contributed by atoms with van der Waals surface area (Å²) in [6.45, 7) is 4.82. The number of aryl methyl sites for hydroxylation is 1. The highest BCUT2D eigenvalue weighted by molar-refractivity contribution is 7.09. The standard InChI is InChI=1S/C26H31N3O3S/c1-18-24(26(27)31)25(19-7-9-20(10-8-19)28-14-3-4-15-28)22(11-12-23(30)32-2)29(18)16-13-21-6-5-17-33-21/h5-10,17H,3-4,11-16H2,1-2H3,(H2,27,31). The molecule has 1 aliphatic heterocycles. The molecule has 0 bridgehead atoms. The highest BCUT2D eigenvalue weighted by Crippen LogP contribution is 2.35. The summed E-state index contributed by atoms with van der Waals surface area (Å²) in [5.74, 6) is -0.713. The van der Waals surface area contributed by atoms with Crippen molar-refractivity contribution in [1.29, 1.82) is 0 Å². The molecule has 1 aromatic carbocycles. The van der Waals surface area contributed by atoms with Crippen LogP contribution in [0, 0.1) is 6.92 Å². The minimum Gasteiger partial charge on any atom is -0.469 e. The molecule has 1 amide bonds. The first-order valence-electron chi connectivity index (χ1n) is 11.5. The number of amides is 1. The zero-order chi connectivity index (χ0) is 23.4. The van der Waals surface area contributed by atoms with E-state index in [4.69, 9.17) is 10.5 Å². The number of nitrogens with two attached hydrogens (primary N) is 1. The fraction of sp³-hybridized carbons (Fsp3) is 0.385. The number of esters is 1. The van der Waals surface area contributed by atoms with Crippen LogP contribution in [0.5, 0.6) is 0 Å². The largest absolute Gasteiger partial charge is 0.469 e. The van der Waals surface area contributed by atoms with E-state index in [1.165, 1.54) is 30.5 Å². The molecule has 0 atom stereocenters. The van der Waals surface area contributed by atoms with Crippen LogP contribution in [0.4, 0.5) is 5.69 Å². The van der Waals surface area contributed by atoms with E-state index >= 15 is 0 Å². The van der Waals surface area contributed by atoms with E-state index in [9.17, 15) is 9.59 Å². The predicted molar refractivity (Wildman–Crippen MR) is 133 cm³/mol. The molecule has 1 saturated heterocycles. The summed E-state index contributed by atoms with van der Waals surface area (Å²) in [6, 6.07) is 12.5. The summed E-state index contributed by atoms with van der Waals surface area (Å²) >= 11 is 1.72. The maximum Gasteiger partial charge on any atom is 0.305 e. The number of carbonyl (C=O) groups excluding carboxylic acids is 2. The fourth-order valence-corrected chi connectivity index (χ4v) is 5.48. The molecule has 0 spiro atoms. The average Bonchev–Trinajstić information content (AvgIpc) is 3.57. The van der Waals surface area contributed by atoms with Gasteiger partial charge in [0.1, 0.15) is 0 Å². The Morgan fingerprint density at radius 1 is 1.09 bits per heavy atom. The number of carbonyl (C=O) groups is 2. The molecule has 1 fully saturated rings. The number of aromatic nitrogens is 1. The number of ether oxygens (including phenoxy) is 1. The number of hydrogen-bond donors (Lipinski definition) is 1. The number of primary amides is 1. The lowest BCUT2D eigenvalue weighted by molar-refractivity contribution is -0.140. The maximum absolute atomic E-state index is 12.6. The number of rotatable bonds is 9. The van der Waals surface area contributed by atoms with Crippen LogP contribution in [-0.2, 0) is 28.9 Å². The monoisotopic (exact) mass is 465 g/mol. The number of nitrogens with zero attached hydrogens (tertiary/aromatic N) is 2. The van der Waals surface area contributed by atoms with Gasteiger partial charge in [0.25, 0.3) is 5.91 Å². The molecule has 2 aromatic heterocycles. The lowest BCUT2D eigenvalue weighted by Crippen LogP contribution is -2.17. The van der Waals surface area contributed by atoms with Crippen molar-refractivity contribution in [2.45, 2.75) is 45.6 Å². The van der Waals surface area contributed by atoms with Gasteiger partial charge in [0, 0.05) is 47.2 Å². The third-order valence-electron chi connectivity index (χ3n) is 6.46. The summed E-state index contributed by atoms with van der Waals surface area (Å²) in [6.07, 6.45) is 4.02. The van der Waals surface area contributed by atoms with Gasteiger partial charge in [-0.05, 0) is 61.7 Å². The average molecular weight is 466 g/mol. The van der Waals surface area contributed by atoms with Crippen molar-refractivity contribution in [3.8, 4) is 11.1 Å². The van der Waals surface area contributed by atoms with E-state index in [1.807, 2.05) is 13.0 Å². The van der Waals surface area contributed by atoms with Crippen LogP contribution in [0.3, 0.4) is 0 Å². The molecule has 3 heterocycles. The van der Waals surface area contributed by atoms with E-state index < -0.39 is 5.91 Å². The van der Waals surface area contributed by atoms with Gasteiger partial charge >= 0.3 is 5.97 Å². The Morgan fingerprint density at radius 3 is 2.42 bits per heavy atom. The number of anilines is 1. The van der Waals surface area contributed by atoms with Gasteiger partial charge < -0.3 is 19.9 Å². The summed E-state index contributed by atoms with van der Waals surface area (Å²) in [7, 11) is 1.40. The Morgan fingerprint density at radius 2 is 1.82 bits per heavy atom. The van der Waals surface area contributed by atoms with Crippen molar-refractivity contribution in [3.05, 3.63) is 63.6 Å². The minimum absolute atomic E-state index is 0.246. The molecule has 7 heteroatoms. The SMILES string of the molecule is COC(=O)CCc1c(-c2ccc(N3CCCC3)cc2)c(C(N)=O)c(C)n1CCc1cccs1. The number of hydrogen-bond acceptors (Lipinski definition) is 5. The molecule has 6 nitrogen and oxygen atoms in total. The molecule has 1 aliphatic rings. The van der Waals surface area contributed by atoms with Gasteiger partial charge in [-0.2, -0.15) is 0 Å². The second-order valence-corrected chi connectivity index (χ2v) is 9.48. The van der Waals surface area contributed by atoms with Gasteiger partial charge in [-0.1, -0.05) is 18.2 Å². The summed E-state index contributed by atoms with van der Waals surface area (Å²) < 4.78 is 7.05. The highest BCUT2D eigenvalue weighted by Gasteiger charge is 2.25. The number of benzene rings is 1. The van der Waals surface area contributed by atoms with Crippen LogP contribution < -0.4 is 10.6 Å². The Hall–Kier alpha value is -3.06. The molecule has 4 rings (SSSR count). The van der Waals surface area contributed by atoms with Crippen LogP contribution in [0.15, 0.2) is 41.8 Å². The molecule has 0 saturated carbocycles. The zero-order valence-corrected chi connectivity index (χ0v) is 20.1. The first-order valence-corrected chi connectivity index (χ1v) is 12.3. The summed E-state index contributed by atoms with van der Waals surface area (Å²) in [5.41, 5.74) is 11.2. The molecule has 0 aliphatic carbocycles. The summed E-state index contributed by atoms with van der Waals surface area (Å²) in [5, 5.41) is 2.07.